The van der Waals surface area contributed by atoms with E-state index in [0.717, 1.165) is 44.0 Å². The normalized spacial score (nSPS) is 24.4. The van der Waals surface area contributed by atoms with Gasteiger partial charge in [-0.05, 0) is 12.8 Å². The van der Waals surface area contributed by atoms with Crippen molar-refractivity contribution < 1.29 is 4.74 Å². The van der Waals surface area contributed by atoms with Crippen molar-refractivity contribution in [2.24, 2.45) is 0 Å². The van der Waals surface area contributed by atoms with Crippen LogP contribution in [0.3, 0.4) is 0 Å². The number of fused-ring (bicyclic) bond motifs is 3. The Kier molecular flexibility index (Phi) is 4.13. The van der Waals surface area contributed by atoms with Crippen LogP contribution in [0.2, 0.25) is 0 Å². The van der Waals surface area contributed by atoms with Crippen molar-refractivity contribution in [3.8, 4) is 0 Å². The number of unbranched alkanes of at least 4 members (excludes halogenated alkanes) is 1. The summed E-state index contributed by atoms with van der Waals surface area (Å²) >= 11 is 0. The summed E-state index contributed by atoms with van der Waals surface area (Å²) in [4.78, 5) is 10.4. The summed E-state index contributed by atoms with van der Waals surface area (Å²) in [5.41, 5.74) is 2.28. The minimum atomic E-state index is 0.266. The molecular formula is C16H24N6O. The van der Waals surface area contributed by atoms with Crippen LogP contribution in [0.25, 0.3) is 0 Å². The highest BCUT2D eigenvalue weighted by Gasteiger charge is 2.36. The zero-order valence-electron chi connectivity index (χ0n) is 13.6. The molecule has 0 aromatic carbocycles. The number of aromatic nitrogens is 5. The number of nitrogens with zero attached hydrogens (tertiary/aromatic N) is 5. The Morgan fingerprint density at radius 3 is 3.26 bits per heavy atom. The van der Waals surface area contributed by atoms with Gasteiger partial charge in [0.2, 0.25) is 0 Å². The lowest BCUT2D eigenvalue weighted by molar-refractivity contribution is -0.0671. The van der Waals surface area contributed by atoms with Crippen molar-refractivity contribution in [3.05, 3.63) is 29.6 Å². The van der Waals surface area contributed by atoms with E-state index in [0.29, 0.717) is 6.61 Å². The second-order valence-electron chi connectivity index (χ2n) is 6.57. The van der Waals surface area contributed by atoms with Crippen LogP contribution in [0, 0.1) is 0 Å². The van der Waals surface area contributed by atoms with Gasteiger partial charge in [-0.3, -0.25) is 4.90 Å². The van der Waals surface area contributed by atoms with Gasteiger partial charge in [0, 0.05) is 37.9 Å². The summed E-state index contributed by atoms with van der Waals surface area (Å²) in [5, 5.41) is 8.29. The lowest BCUT2D eigenvalue weighted by Gasteiger charge is -2.40. The van der Waals surface area contributed by atoms with E-state index in [9.17, 15) is 0 Å². The van der Waals surface area contributed by atoms with Crippen LogP contribution < -0.4 is 0 Å². The molecule has 4 rings (SSSR count). The molecule has 0 amide bonds. The van der Waals surface area contributed by atoms with E-state index >= 15 is 0 Å². The van der Waals surface area contributed by atoms with Crippen LogP contribution in [-0.2, 0) is 24.3 Å². The fraction of sp³-hybridized carbons (Fsp3) is 0.688. The molecule has 124 valence electrons. The Hall–Kier alpha value is -1.73. The van der Waals surface area contributed by atoms with Crippen LogP contribution in [0.4, 0.5) is 0 Å². The number of imidazole rings is 1. The zero-order valence-corrected chi connectivity index (χ0v) is 13.6. The average molecular weight is 316 g/mol. The van der Waals surface area contributed by atoms with Gasteiger partial charge < -0.3 is 9.72 Å². The molecule has 0 unspecified atom stereocenters. The Balaban J connectivity index is 1.41. The van der Waals surface area contributed by atoms with Gasteiger partial charge in [0.1, 0.15) is 5.82 Å². The molecule has 2 aromatic rings. The van der Waals surface area contributed by atoms with E-state index in [1.807, 2.05) is 12.4 Å². The SMILES string of the molecule is CCCCc1ncc(CN2CC[C@@H]3OCc4cnnn4[C@@H]3C2)[nH]1. The van der Waals surface area contributed by atoms with Crippen molar-refractivity contribution in [1.82, 2.24) is 29.9 Å². The molecule has 2 atom stereocenters. The highest BCUT2D eigenvalue weighted by atomic mass is 16.5. The summed E-state index contributed by atoms with van der Waals surface area (Å²) < 4.78 is 8.02. The van der Waals surface area contributed by atoms with Crippen LogP contribution in [0.5, 0.6) is 0 Å². The Bertz CT molecular complexity index is 651. The third-order valence-corrected chi connectivity index (χ3v) is 4.85. The highest BCUT2D eigenvalue weighted by Crippen LogP contribution is 2.30. The van der Waals surface area contributed by atoms with E-state index in [1.54, 1.807) is 0 Å². The quantitative estimate of drug-likeness (QED) is 0.909. The molecule has 0 bridgehead atoms. The molecule has 4 heterocycles. The fourth-order valence-electron chi connectivity index (χ4n) is 3.59. The van der Waals surface area contributed by atoms with Crippen molar-refractivity contribution >= 4 is 0 Å². The third-order valence-electron chi connectivity index (χ3n) is 4.85. The Morgan fingerprint density at radius 1 is 1.39 bits per heavy atom. The van der Waals surface area contributed by atoms with Crippen molar-refractivity contribution in [2.75, 3.05) is 13.1 Å². The molecule has 0 spiro atoms. The number of H-pyrrole nitrogens is 1. The lowest BCUT2D eigenvalue weighted by atomic mass is 10.0. The molecule has 23 heavy (non-hydrogen) atoms. The van der Waals surface area contributed by atoms with E-state index in [4.69, 9.17) is 4.74 Å². The van der Waals surface area contributed by atoms with Gasteiger partial charge in [-0.2, -0.15) is 0 Å². The lowest BCUT2D eigenvalue weighted by Crippen LogP contribution is -2.47. The molecule has 2 aliphatic rings. The molecule has 0 radical (unpaired) electrons. The number of likely N-dealkylation sites (tertiary alicyclic amines) is 1. The summed E-state index contributed by atoms with van der Waals surface area (Å²) in [5.74, 6) is 1.11. The first-order valence-electron chi connectivity index (χ1n) is 8.59. The summed E-state index contributed by atoms with van der Waals surface area (Å²) in [7, 11) is 0. The summed E-state index contributed by atoms with van der Waals surface area (Å²) in [6.45, 7) is 5.75. The van der Waals surface area contributed by atoms with E-state index in [-0.39, 0.29) is 12.1 Å². The number of rotatable bonds is 5. The van der Waals surface area contributed by atoms with Gasteiger partial charge in [0.25, 0.3) is 0 Å². The second kappa shape index (κ2) is 6.41. The summed E-state index contributed by atoms with van der Waals surface area (Å²) in [6, 6.07) is 0.275. The number of aryl methyl sites for hydroxylation is 1. The molecular weight excluding hydrogens is 292 g/mol. The minimum Gasteiger partial charge on any atom is -0.370 e. The number of hydrogen-bond acceptors (Lipinski definition) is 5. The van der Waals surface area contributed by atoms with Crippen LogP contribution in [-0.4, -0.2) is 49.1 Å². The van der Waals surface area contributed by atoms with Crippen molar-refractivity contribution in [1.29, 1.82) is 0 Å². The monoisotopic (exact) mass is 316 g/mol. The Labute approximate surface area is 136 Å². The van der Waals surface area contributed by atoms with Crippen LogP contribution in [0.15, 0.2) is 12.4 Å². The summed E-state index contributed by atoms with van der Waals surface area (Å²) in [6.07, 6.45) is 8.53. The number of hydrogen-bond donors (Lipinski definition) is 1. The van der Waals surface area contributed by atoms with E-state index in [1.165, 1.54) is 18.5 Å². The van der Waals surface area contributed by atoms with Gasteiger partial charge in [-0.25, -0.2) is 9.67 Å². The number of nitrogens with one attached hydrogen (secondary N) is 1. The predicted octanol–water partition coefficient (Wildman–Crippen LogP) is 1.69. The topological polar surface area (TPSA) is 71.9 Å². The third kappa shape index (κ3) is 3.03. The molecule has 0 saturated carbocycles. The second-order valence-corrected chi connectivity index (χ2v) is 6.57. The highest BCUT2D eigenvalue weighted by molar-refractivity contribution is 5.04. The molecule has 1 saturated heterocycles. The molecule has 2 aliphatic heterocycles. The number of aromatic amines is 1. The predicted molar refractivity (Wildman–Crippen MR) is 84.7 cm³/mol. The fourth-order valence-corrected chi connectivity index (χ4v) is 3.59. The van der Waals surface area contributed by atoms with Crippen molar-refractivity contribution in [2.45, 2.75) is 57.9 Å². The first kappa shape index (κ1) is 14.8. The maximum absolute atomic E-state index is 5.97. The van der Waals surface area contributed by atoms with Gasteiger partial charge in [-0.1, -0.05) is 18.6 Å². The molecule has 0 aliphatic carbocycles. The van der Waals surface area contributed by atoms with Crippen LogP contribution >= 0.6 is 0 Å². The molecule has 7 heteroatoms. The minimum absolute atomic E-state index is 0.266. The smallest absolute Gasteiger partial charge is 0.106 e. The maximum atomic E-state index is 5.97. The largest absolute Gasteiger partial charge is 0.370 e. The Morgan fingerprint density at radius 2 is 2.35 bits per heavy atom. The maximum Gasteiger partial charge on any atom is 0.106 e. The van der Waals surface area contributed by atoms with E-state index < -0.39 is 0 Å². The molecule has 1 N–H and O–H groups in total. The molecule has 1 fully saturated rings. The standard InChI is InChI=1S/C16H24N6O/c1-2-3-4-16-17-7-12(19-16)9-21-6-5-15-14(10-21)22-13(11-23-15)8-18-20-22/h7-8,14-15H,2-6,9-11H2,1H3,(H,17,19)/t14-,15+/m1/s1. The first-order valence-corrected chi connectivity index (χ1v) is 8.59. The average Bonchev–Trinajstić information content (AvgIpc) is 3.22. The molecule has 7 nitrogen and oxygen atoms in total. The first-order chi connectivity index (χ1) is 11.3. The van der Waals surface area contributed by atoms with Gasteiger partial charge >= 0.3 is 0 Å². The van der Waals surface area contributed by atoms with Gasteiger partial charge in [0.15, 0.2) is 0 Å². The van der Waals surface area contributed by atoms with Gasteiger partial charge in [0.05, 0.1) is 30.6 Å². The van der Waals surface area contributed by atoms with Crippen molar-refractivity contribution in [3.63, 3.8) is 0 Å². The molecule has 2 aromatic heterocycles. The number of ether oxygens (including phenoxy) is 1. The number of piperidine rings is 1. The van der Waals surface area contributed by atoms with E-state index in [2.05, 4.69) is 36.8 Å². The zero-order chi connectivity index (χ0) is 15.6. The van der Waals surface area contributed by atoms with Crippen LogP contribution in [0.1, 0.15) is 49.4 Å². The van der Waals surface area contributed by atoms with Gasteiger partial charge in [-0.15, -0.1) is 5.10 Å².